The molecule has 2 aromatic carbocycles. The van der Waals surface area contributed by atoms with E-state index in [-0.39, 0.29) is 12.0 Å². The van der Waals surface area contributed by atoms with Gasteiger partial charge in [-0.1, -0.05) is 54.9 Å². The van der Waals surface area contributed by atoms with Gasteiger partial charge in [0.25, 0.3) is 0 Å². The van der Waals surface area contributed by atoms with Crippen molar-refractivity contribution in [3.8, 4) is 11.1 Å². The van der Waals surface area contributed by atoms with Crippen LogP contribution in [0.4, 0.5) is 4.79 Å². The van der Waals surface area contributed by atoms with Crippen LogP contribution >= 0.6 is 11.6 Å². The van der Waals surface area contributed by atoms with Gasteiger partial charge in [-0.25, -0.2) is 4.79 Å². The lowest BCUT2D eigenvalue weighted by molar-refractivity contribution is -0.0626. The van der Waals surface area contributed by atoms with Gasteiger partial charge in [0.1, 0.15) is 5.60 Å². The number of piperidine rings is 1. The number of hydrogen-bond donors (Lipinski definition) is 2. The zero-order chi connectivity index (χ0) is 24.9. The summed E-state index contributed by atoms with van der Waals surface area (Å²) in [5.74, 6) is -0.160. The van der Waals surface area contributed by atoms with Crippen LogP contribution in [-0.4, -0.2) is 41.3 Å². The van der Waals surface area contributed by atoms with Crippen LogP contribution in [0.15, 0.2) is 42.5 Å². The number of aryl methyl sites for hydroxylation is 1. The van der Waals surface area contributed by atoms with Crippen LogP contribution in [0.1, 0.15) is 64.5 Å². The number of nitrogens with two attached hydrogens (primary N) is 1. The number of carbonyl (C=O) groups excluding carboxylic acids is 1. The summed E-state index contributed by atoms with van der Waals surface area (Å²) in [5.41, 5.74) is 8.00. The number of aliphatic hydroxyl groups is 1. The van der Waals surface area contributed by atoms with E-state index in [9.17, 15) is 9.90 Å². The molecule has 1 fully saturated rings. The number of rotatable bonds is 7. The van der Waals surface area contributed by atoms with E-state index in [0.717, 1.165) is 36.0 Å². The summed E-state index contributed by atoms with van der Waals surface area (Å²) in [5, 5.41) is 13.0. The van der Waals surface area contributed by atoms with Crippen LogP contribution in [0.2, 0.25) is 5.02 Å². The number of likely N-dealkylation sites (tertiary alicyclic amines) is 1. The summed E-state index contributed by atoms with van der Waals surface area (Å²) < 4.78 is 5.63. The van der Waals surface area contributed by atoms with E-state index in [1.807, 2.05) is 51.1 Å². The Hall–Kier alpha value is -2.08. The highest BCUT2D eigenvalue weighted by atomic mass is 35.5. The van der Waals surface area contributed by atoms with Gasteiger partial charge in [-0.3, -0.25) is 0 Å². The Kier molecular flexibility index (Phi) is 8.66. The Morgan fingerprint density at radius 1 is 1.24 bits per heavy atom. The summed E-state index contributed by atoms with van der Waals surface area (Å²) in [7, 11) is 0. The number of halogens is 1. The molecule has 186 valence electrons. The van der Waals surface area contributed by atoms with Crippen molar-refractivity contribution in [1.82, 2.24) is 4.90 Å². The van der Waals surface area contributed by atoms with Crippen molar-refractivity contribution in [3.63, 3.8) is 0 Å². The van der Waals surface area contributed by atoms with Gasteiger partial charge in [0.05, 0.1) is 5.60 Å². The fourth-order valence-corrected chi connectivity index (χ4v) is 5.20. The first kappa shape index (κ1) is 26.5. The number of amides is 1. The first-order chi connectivity index (χ1) is 16.1. The first-order valence-corrected chi connectivity index (χ1v) is 12.8. The quantitative estimate of drug-likeness (QED) is 0.492. The summed E-state index contributed by atoms with van der Waals surface area (Å²) in [4.78, 5) is 14.6. The van der Waals surface area contributed by atoms with E-state index in [0.29, 0.717) is 37.5 Å². The van der Waals surface area contributed by atoms with Crippen molar-refractivity contribution in [3.05, 3.63) is 58.6 Å². The number of ether oxygens (including phenoxy) is 1. The minimum absolute atomic E-state index is 0.160. The third-order valence-corrected chi connectivity index (χ3v) is 6.93. The third kappa shape index (κ3) is 6.12. The van der Waals surface area contributed by atoms with Gasteiger partial charge in [0.2, 0.25) is 0 Å². The molecule has 1 aliphatic rings. The van der Waals surface area contributed by atoms with Gasteiger partial charge in [-0.05, 0) is 82.2 Å². The molecule has 2 atom stereocenters. The lowest BCUT2D eigenvalue weighted by Crippen LogP contribution is -2.49. The van der Waals surface area contributed by atoms with Crippen molar-refractivity contribution in [2.24, 2.45) is 11.7 Å². The molecule has 2 aromatic rings. The largest absolute Gasteiger partial charge is 0.444 e. The second-order valence-electron chi connectivity index (χ2n) is 10.3. The molecular formula is C28H39ClN2O3. The number of benzene rings is 2. The first-order valence-electron chi connectivity index (χ1n) is 12.4. The highest BCUT2D eigenvalue weighted by Crippen LogP contribution is 2.45. The van der Waals surface area contributed by atoms with E-state index >= 15 is 0 Å². The Balaban J connectivity index is 2.04. The Labute approximate surface area is 209 Å². The molecule has 0 aromatic heterocycles. The molecular weight excluding hydrogens is 448 g/mol. The summed E-state index contributed by atoms with van der Waals surface area (Å²) >= 11 is 6.77. The molecule has 0 bridgehead atoms. The lowest BCUT2D eigenvalue weighted by atomic mass is 9.72. The maximum Gasteiger partial charge on any atom is 0.410 e. The molecule has 6 heteroatoms. The average molecular weight is 487 g/mol. The molecule has 1 amide bonds. The summed E-state index contributed by atoms with van der Waals surface area (Å²) in [6.07, 6.45) is 3.35. The van der Waals surface area contributed by atoms with E-state index in [1.54, 1.807) is 4.90 Å². The molecule has 0 radical (unpaired) electrons. The predicted octanol–water partition coefficient (Wildman–Crippen LogP) is 6.14. The van der Waals surface area contributed by atoms with Crippen LogP contribution in [-0.2, 0) is 16.8 Å². The Morgan fingerprint density at radius 2 is 1.97 bits per heavy atom. The van der Waals surface area contributed by atoms with Gasteiger partial charge in [0, 0.05) is 29.6 Å². The van der Waals surface area contributed by atoms with Gasteiger partial charge in [0.15, 0.2) is 0 Å². The maximum atomic E-state index is 12.8. The minimum atomic E-state index is -1.18. The monoisotopic (exact) mass is 486 g/mol. The highest BCUT2D eigenvalue weighted by Gasteiger charge is 2.43. The average Bonchev–Trinajstić information content (AvgIpc) is 2.81. The molecule has 1 saturated heterocycles. The van der Waals surface area contributed by atoms with Crippen molar-refractivity contribution in [2.75, 3.05) is 19.6 Å². The zero-order valence-corrected chi connectivity index (χ0v) is 21.7. The van der Waals surface area contributed by atoms with Crippen molar-refractivity contribution < 1.29 is 14.6 Å². The topological polar surface area (TPSA) is 75.8 Å². The molecule has 2 unspecified atom stereocenters. The van der Waals surface area contributed by atoms with Crippen LogP contribution in [0, 0.1) is 5.92 Å². The molecule has 5 nitrogen and oxygen atoms in total. The van der Waals surface area contributed by atoms with E-state index in [2.05, 4.69) is 19.1 Å². The predicted molar refractivity (Wildman–Crippen MR) is 139 cm³/mol. The second-order valence-corrected chi connectivity index (χ2v) is 10.7. The number of nitrogens with zero attached hydrogens (tertiary/aromatic N) is 1. The molecule has 1 aliphatic heterocycles. The van der Waals surface area contributed by atoms with Crippen molar-refractivity contribution >= 4 is 17.7 Å². The van der Waals surface area contributed by atoms with Crippen molar-refractivity contribution in [2.45, 2.75) is 71.0 Å². The maximum absolute atomic E-state index is 12.8. The molecule has 1 heterocycles. The minimum Gasteiger partial charge on any atom is -0.444 e. The van der Waals surface area contributed by atoms with Crippen LogP contribution in [0.25, 0.3) is 11.1 Å². The van der Waals surface area contributed by atoms with Gasteiger partial charge in [-0.15, -0.1) is 0 Å². The molecule has 3 N–H and O–H groups in total. The molecule has 0 spiro atoms. The molecule has 0 aliphatic carbocycles. The zero-order valence-electron chi connectivity index (χ0n) is 20.9. The standard InChI is InChI=1S/C28H39ClN2O3/c1-5-20-10-6-11-21(18-20)25-23(13-7-14-24(25)29)28(33,15-9-16-30)22-12-8-17-31(19-22)26(32)34-27(2,3)4/h6-7,10-11,13-14,18,22,33H,5,8-9,12,15-17,19,30H2,1-4H3. The van der Waals surface area contributed by atoms with E-state index in [1.165, 1.54) is 5.56 Å². The Morgan fingerprint density at radius 3 is 2.65 bits per heavy atom. The van der Waals surface area contributed by atoms with Crippen LogP contribution < -0.4 is 5.73 Å². The highest BCUT2D eigenvalue weighted by molar-refractivity contribution is 6.33. The molecule has 0 saturated carbocycles. The normalized spacial score (nSPS) is 18.4. The summed E-state index contributed by atoms with van der Waals surface area (Å²) in [6, 6.07) is 14.1. The number of carbonyl (C=O) groups is 1. The summed E-state index contributed by atoms with van der Waals surface area (Å²) in [6.45, 7) is 9.26. The molecule has 34 heavy (non-hydrogen) atoms. The Bertz CT molecular complexity index is 988. The fraction of sp³-hybridized carbons (Fsp3) is 0.536. The fourth-order valence-electron chi connectivity index (χ4n) is 4.91. The second kappa shape index (κ2) is 11.1. The van der Waals surface area contributed by atoms with E-state index < -0.39 is 11.2 Å². The van der Waals surface area contributed by atoms with Crippen molar-refractivity contribution in [1.29, 1.82) is 0 Å². The smallest absolute Gasteiger partial charge is 0.410 e. The lowest BCUT2D eigenvalue weighted by Gasteiger charge is -2.43. The van der Waals surface area contributed by atoms with Gasteiger partial charge >= 0.3 is 6.09 Å². The number of hydrogen-bond acceptors (Lipinski definition) is 4. The van der Waals surface area contributed by atoms with Crippen LogP contribution in [0.3, 0.4) is 0 Å². The van der Waals surface area contributed by atoms with Gasteiger partial charge in [-0.2, -0.15) is 0 Å². The third-order valence-electron chi connectivity index (χ3n) is 6.61. The SMILES string of the molecule is CCc1cccc(-c2c(Cl)cccc2C(O)(CCCN)C2CCCN(C(=O)OC(C)(C)C)C2)c1. The van der Waals surface area contributed by atoms with Crippen LogP contribution in [0.5, 0.6) is 0 Å². The van der Waals surface area contributed by atoms with E-state index in [4.69, 9.17) is 22.1 Å². The van der Waals surface area contributed by atoms with Gasteiger partial charge < -0.3 is 20.5 Å². The molecule has 3 rings (SSSR count).